The molecule has 2 aliphatic rings. The summed E-state index contributed by atoms with van der Waals surface area (Å²) in [5.41, 5.74) is 0.313. The highest BCUT2D eigenvalue weighted by molar-refractivity contribution is 8.23. The van der Waals surface area contributed by atoms with E-state index in [1.807, 2.05) is 0 Å². The summed E-state index contributed by atoms with van der Waals surface area (Å²) in [6.07, 6.45) is 5.57. The number of carbonyl (C=O) groups is 1. The van der Waals surface area contributed by atoms with Crippen molar-refractivity contribution in [3.05, 3.63) is 28.8 Å². The van der Waals surface area contributed by atoms with E-state index in [1.54, 1.807) is 12.1 Å². The van der Waals surface area contributed by atoms with Gasteiger partial charge in [-0.3, -0.25) is 13.9 Å². The summed E-state index contributed by atoms with van der Waals surface area (Å²) in [7, 11) is -3.21. The van der Waals surface area contributed by atoms with E-state index in [0.717, 1.165) is 32.5 Å². The molecule has 0 saturated carbocycles. The number of halogens is 1. The average Bonchev–Trinajstić information content (AvgIpc) is 2.72. The number of likely N-dealkylation sites (tertiary alicyclic amines) is 1. The fourth-order valence-electron chi connectivity index (χ4n) is 3.28. The van der Waals surface area contributed by atoms with Crippen LogP contribution in [-0.2, 0) is 0 Å². The predicted octanol–water partition coefficient (Wildman–Crippen LogP) is 4.09. The molecule has 1 saturated heterocycles. The molecule has 0 aromatic heterocycles. The van der Waals surface area contributed by atoms with Crippen molar-refractivity contribution in [2.75, 3.05) is 26.2 Å². The maximum Gasteiger partial charge on any atom is 0.274 e. The van der Waals surface area contributed by atoms with E-state index in [0.29, 0.717) is 22.0 Å². The third-order valence-corrected chi connectivity index (χ3v) is 6.68. The fourth-order valence-corrected chi connectivity index (χ4v) is 5.09. The maximum absolute atomic E-state index is 12.4. The van der Waals surface area contributed by atoms with Crippen LogP contribution in [0.2, 0.25) is 5.02 Å². The molecule has 0 spiro atoms. The Kier molecular flexibility index (Phi) is 5.18. The Balaban J connectivity index is 1.57. The monoisotopic (exact) mass is 358 g/mol. The first-order chi connectivity index (χ1) is 11.0. The highest BCUT2D eigenvalue weighted by atomic mass is 35.5. The van der Waals surface area contributed by atoms with Crippen LogP contribution < -0.4 is 0 Å². The van der Waals surface area contributed by atoms with Crippen LogP contribution in [0.4, 0.5) is 0 Å². The van der Waals surface area contributed by atoms with Crippen molar-refractivity contribution in [2.24, 2.45) is 0 Å². The number of amides is 1. The number of benzene rings is 1. The molecule has 1 aromatic rings. The zero-order chi connectivity index (χ0) is 16.4. The lowest BCUT2D eigenvalue weighted by molar-refractivity contribution is 0.0859. The second-order valence-corrected chi connectivity index (χ2v) is 8.53. The van der Waals surface area contributed by atoms with E-state index in [9.17, 15) is 13.9 Å². The maximum atomic E-state index is 12.4. The zero-order valence-electron chi connectivity index (χ0n) is 13.1. The number of carbonyl (C=O) groups excluding carboxylic acids is 1. The van der Waals surface area contributed by atoms with Crippen LogP contribution in [0.25, 0.3) is 0 Å². The summed E-state index contributed by atoms with van der Waals surface area (Å²) in [6, 6.07) is 4.64. The van der Waals surface area contributed by atoms with E-state index in [4.69, 9.17) is 11.6 Å². The topological polar surface area (TPSA) is 64.0 Å². The van der Waals surface area contributed by atoms with Crippen LogP contribution in [0.3, 0.4) is 0 Å². The molecule has 0 radical (unpaired) electrons. The molecule has 1 amide bonds. The van der Waals surface area contributed by atoms with Gasteiger partial charge in [-0.25, -0.2) is 4.31 Å². The molecule has 3 rings (SSSR count). The third kappa shape index (κ3) is 3.51. The Morgan fingerprint density at radius 1 is 1.09 bits per heavy atom. The van der Waals surface area contributed by atoms with Gasteiger partial charge in [-0.1, -0.05) is 28.8 Å². The highest BCUT2D eigenvalue weighted by Crippen LogP contribution is 2.58. The number of hydrogen-bond donors (Lipinski definition) is 2. The number of hydrogen-bond acceptors (Lipinski definition) is 4. The van der Waals surface area contributed by atoms with Gasteiger partial charge >= 0.3 is 0 Å². The SMILES string of the molecule is O=C1c2cc(Cl)ccc2S(O)(O)N1CCCCN1CCCCC1. The van der Waals surface area contributed by atoms with Crippen molar-refractivity contribution in [1.29, 1.82) is 0 Å². The van der Waals surface area contributed by atoms with Gasteiger partial charge in [0.1, 0.15) is 0 Å². The molecule has 1 fully saturated rings. The smallest absolute Gasteiger partial charge is 0.274 e. The summed E-state index contributed by atoms with van der Waals surface area (Å²) >= 11 is 5.91. The molecule has 2 N–H and O–H groups in total. The summed E-state index contributed by atoms with van der Waals surface area (Å²) < 4.78 is 22.0. The van der Waals surface area contributed by atoms with Gasteiger partial charge in [0.25, 0.3) is 5.91 Å². The molecule has 128 valence electrons. The summed E-state index contributed by atoms with van der Waals surface area (Å²) in [5.74, 6) is -0.333. The average molecular weight is 359 g/mol. The predicted molar refractivity (Wildman–Crippen MR) is 93.1 cm³/mol. The van der Waals surface area contributed by atoms with Crippen LogP contribution in [0.5, 0.6) is 0 Å². The quantitative estimate of drug-likeness (QED) is 0.778. The minimum atomic E-state index is -3.21. The number of piperidine rings is 1. The van der Waals surface area contributed by atoms with Gasteiger partial charge in [0.2, 0.25) is 0 Å². The standard InChI is InChI=1S/C16H23ClN2O3S/c17-13-6-7-15-14(12-13)16(20)19(23(15,21)22)11-5-4-10-18-8-2-1-3-9-18/h6-7,12,21-22H,1-5,8-11H2. The van der Waals surface area contributed by atoms with Gasteiger partial charge in [-0.05, 0) is 63.5 Å². The van der Waals surface area contributed by atoms with Crippen LogP contribution in [0.1, 0.15) is 42.5 Å². The van der Waals surface area contributed by atoms with Gasteiger partial charge in [0.05, 0.1) is 10.5 Å². The summed E-state index contributed by atoms with van der Waals surface area (Å²) in [5, 5.41) is 0.430. The minimum Gasteiger partial charge on any atom is -0.303 e. The van der Waals surface area contributed by atoms with Crippen molar-refractivity contribution in [1.82, 2.24) is 9.21 Å². The van der Waals surface area contributed by atoms with E-state index < -0.39 is 10.8 Å². The van der Waals surface area contributed by atoms with Crippen LogP contribution in [0.15, 0.2) is 23.1 Å². The first-order valence-corrected chi connectivity index (χ1v) is 10.0. The zero-order valence-corrected chi connectivity index (χ0v) is 14.7. The number of fused-ring (bicyclic) bond motifs is 1. The fraction of sp³-hybridized carbons (Fsp3) is 0.562. The largest absolute Gasteiger partial charge is 0.303 e. The number of nitrogens with zero attached hydrogens (tertiary/aromatic N) is 2. The first-order valence-electron chi connectivity index (χ1n) is 8.12. The third-order valence-electron chi connectivity index (χ3n) is 4.54. The van der Waals surface area contributed by atoms with E-state index in [-0.39, 0.29) is 5.91 Å². The van der Waals surface area contributed by atoms with Crippen molar-refractivity contribution < 1.29 is 13.9 Å². The Morgan fingerprint density at radius 3 is 2.52 bits per heavy atom. The lowest BCUT2D eigenvalue weighted by Crippen LogP contribution is -2.32. The molecule has 5 nitrogen and oxygen atoms in total. The van der Waals surface area contributed by atoms with Crippen molar-refractivity contribution >= 4 is 28.3 Å². The van der Waals surface area contributed by atoms with Gasteiger partial charge in [0.15, 0.2) is 0 Å². The molecule has 0 bridgehead atoms. The van der Waals surface area contributed by atoms with Crippen molar-refractivity contribution in [2.45, 2.75) is 37.0 Å². The molecule has 23 heavy (non-hydrogen) atoms. The molecule has 0 aliphatic carbocycles. The number of rotatable bonds is 5. The Bertz CT molecular complexity index is 591. The van der Waals surface area contributed by atoms with E-state index in [2.05, 4.69) is 4.90 Å². The highest BCUT2D eigenvalue weighted by Gasteiger charge is 2.41. The van der Waals surface area contributed by atoms with E-state index >= 15 is 0 Å². The van der Waals surface area contributed by atoms with Gasteiger partial charge < -0.3 is 4.90 Å². The second kappa shape index (κ2) is 6.99. The minimum absolute atomic E-state index is 0.294. The Labute approximate surface area is 143 Å². The van der Waals surface area contributed by atoms with Gasteiger partial charge in [0, 0.05) is 11.6 Å². The summed E-state index contributed by atoms with van der Waals surface area (Å²) in [4.78, 5) is 15.2. The van der Waals surface area contributed by atoms with Gasteiger partial charge in [-0.2, -0.15) is 0 Å². The molecular weight excluding hydrogens is 336 g/mol. The summed E-state index contributed by atoms with van der Waals surface area (Å²) in [6.45, 7) is 3.69. The molecular formula is C16H23ClN2O3S. The van der Waals surface area contributed by atoms with E-state index in [1.165, 1.54) is 29.6 Å². The van der Waals surface area contributed by atoms with Crippen molar-refractivity contribution in [3.8, 4) is 0 Å². The Hall–Kier alpha value is -0.790. The Morgan fingerprint density at radius 2 is 1.78 bits per heavy atom. The second-order valence-electron chi connectivity index (χ2n) is 6.18. The molecule has 2 heterocycles. The van der Waals surface area contributed by atoms with Crippen LogP contribution in [-0.4, -0.2) is 50.4 Å². The first kappa shape index (κ1) is 17.0. The molecule has 0 atom stereocenters. The lowest BCUT2D eigenvalue weighted by Gasteiger charge is -2.37. The number of unbranched alkanes of at least 4 members (excludes halogenated alkanes) is 1. The van der Waals surface area contributed by atoms with Crippen LogP contribution >= 0.6 is 22.4 Å². The molecule has 7 heteroatoms. The molecule has 2 aliphatic heterocycles. The normalized spacial score (nSPS) is 22.2. The molecule has 0 unspecified atom stereocenters. The lowest BCUT2D eigenvalue weighted by atomic mass is 10.1. The molecule has 1 aromatic carbocycles. The van der Waals surface area contributed by atoms with Crippen molar-refractivity contribution in [3.63, 3.8) is 0 Å². The van der Waals surface area contributed by atoms with Gasteiger partial charge in [-0.15, -0.1) is 0 Å². The van der Waals surface area contributed by atoms with Crippen LogP contribution in [0, 0.1) is 0 Å².